The van der Waals surface area contributed by atoms with Gasteiger partial charge in [0, 0.05) is 12.4 Å². The molecule has 2 rings (SSSR count). The summed E-state index contributed by atoms with van der Waals surface area (Å²) < 4.78 is 0. The fraction of sp³-hybridized carbons (Fsp3) is 0.0909. The highest BCUT2D eigenvalue weighted by atomic mass is 14.8. The van der Waals surface area contributed by atoms with Gasteiger partial charge in [-0.05, 0) is 12.1 Å². The van der Waals surface area contributed by atoms with Gasteiger partial charge in [-0.3, -0.25) is 9.97 Å². The third-order valence-electron chi connectivity index (χ3n) is 1.53. The summed E-state index contributed by atoms with van der Waals surface area (Å²) in [6.07, 6.45) is 3.39. The van der Waals surface area contributed by atoms with Gasteiger partial charge < -0.3 is 0 Å². The van der Waals surface area contributed by atoms with E-state index in [4.69, 9.17) is 10.5 Å². The van der Waals surface area contributed by atoms with E-state index < -0.39 is 0 Å². The van der Waals surface area contributed by atoms with E-state index in [1.54, 1.807) is 24.5 Å². The summed E-state index contributed by atoms with van der Waals surface area (Å²) in [6, 6.07) is 11.1. The van der Waals surface area contributed by atoms with Crippen LogP contribution in [0.4, 0.5) is 0 Å². The van der Waals surface area contributed by atoms with E-state index in [2.05, 4.69) is 9.97 Å². The number of hydrogen-bond acceptors (Lipinski definition) is 4. The number of aromatic nitrogens is 2. The Morgan fingerprint density at radius 3 is 1.73 bits per heavy atom. The van der Waals surface area contributed by atoms with Crippen LogP contribution < -0.4 is 0 Å². The number of nitriles is 2. The van der Waals surface area contributed by atoms with Crippen LogP contribution in [0.3, 0.4) is 0 Å². The number of nitrogens with zero attached hydrogens (tertiary/aromatic N) is 4. The van der Waals surface area contributed by atoms with E-state index in [-0.39, 0.29) is 6.42 Å². The van der Waals surface area contributed by atoms with Crippen LogP contribution in [0, 0.1) is 22.7 Å². The molecule has 0 atom stereocenters. The Morgan fingerprint density at radius 1 is 0.933 bits per heavy atom. The fourth-order valence-electron chi connectivity index (χ4n) is 0.945. The Labute approximate surface area is 87.4 Å². The predicted octanol–water partition coefficient (Wildman–Crippen LogP) is 2.05. The Bertz CT molecular complexity index is 430. The first-order valence-electron chi connectivity index (χ1n) is 4.28. The highest BCUT2D eigenvalue weighted by Crippen LogP contribution is 2.04. The van der Waals surface area contributed by atoms with Crippen molar-refractivity contribution in [3.8, 4) is 12.1 Å². The third kappa shape index (κ3) is 3.41. The second-order valence-corrected chi connectivity index (χ2v) is 2.54. The lowest BCUT2D eigenvalue weighted by Gasteiger charge is -1.90. The molecule has 0 bridgehead atoms. The van der Waals surface area contributed by atoms with Gasteiger partial charge in [0.25, 0.3) is 0 Å². The average Bonchev–Trinajstić information content (AvgIpc) is 2.31. The maximum Gasteiger partial charge on any atom is 0.122 e. The fourth-order valence-corrected chi connectivity index (χ4v) is 0.945. The van der Waals surface area contributed by atoms with Crippen molar-refractivity contribution in [2.45, 2.75) is 6.42 Å². The molecule has 0 aliphatic rings. The van der Waals surface area contributed by atoms with Crippen LogP contribution in [0.5, 0.6) is 0 Å². The van der Waals surface area contributed by atoms with Gasteiger partial charge >= 0.3 is 0 Å². The second kappa shape index (κ2) is 6.06. The van der Waals surface area contributed by atoms with Crippen molar-refractivity contribution in [3.05, 3.63) is 36.7 Å². The van der Waals surface area contributed by atoms with E-state index in [1.807, 2.05) is 24.3 Å². The molecule has 0 N–H and O–H groups in total. The molecule has 0 amide bonds. The summed E-state index contributed by atoms with van der Waals surface area (Å²) in [5.74, 6) is 0. The molecule has 72 valence electrons. The van der Waals surface area contributed by atoms with Crippen LogP contribution >= 0.6 is 0 Å². The normalized spacial score (nSPS) is 8.13. The van der Waals surface area contributed by atoms with Crippen molar-refractivity contribution in [3.63, 3.8) is 0 Å². The van der Waals surface area contributed by atoms with Crippen molar-refractivity contribution in [1.29, 1.82) is 10.5 Å². The molecule has 0 aliphatic heterocycles. The Kier molecular flexibility index (Phi) is 4.29. The van der Waals surface area contributed by atoms with Gasteiger partial charge in [-0.1, -0.05) is 12.1 Å². The monoisotopic (exact) mass is 196 g/mol. The zero-order valence-electron chi connectivity index (χ0n) is 7.96. The van der Waals surface area contributed by atoms with Gasteiger partial charge in [0.15, 0.2) is 0 Å². The predicted molar refractivity (Wildman–Crippen MR) is 55.4 cm³/mol. The standard InChI is InChI=1S/C8H6N2.C3H2N2/c1-2-4-8-7(3-1)9-5-6-10-8;4-2-1-3-5/h1-6H;1H2. The lowest BCUT2D eigenvalue weighted by molar-refractivity contribution is 1.29. The summed E-state index contributed by atoms with van der Waals surface area (Å²) in [5.41, 5.74) is 1.90. The molecule has 0 radical (unpaired) electrons. The van der Waals surface area contributed by atoms with Crippen molar-refractivity contribution < 1.29 is 0 Å². The SMILES string of the molecule is N#CCC#N.c1ccc2nccnc2c1. The minimum Gasteiger partial charge on any atom is -0.253 e. The molecule has 0 saturated carbocycles. The number of para-hydroxylation sites is 2. The molecule has 1 heterocycles. The average molecular weight is 196 g/mol. The molecular formula is C11H8N4. The van der Waals surface area contributed by atoms with Gasteiger partial charge in [0.1, 0.15) is 6.42 Å². The molecular weight excluding hydrogens is 188 g/mol. The maximum absolute atomic E-state index is 7.59. The molecule has 0 saturated heterocycles. The molecule has 4 heteroatoms. The summed E-state index contributed by atoms with van der Waals surface area (Å²) in [6.45, 7) is 0. The molecule has 4 nitrogen and oxygen atoms in total. The van der Waals surface area contributed by atoms with Gasteiger partial charge in [0.05, 0.1) is 23.2 Å². The van der Waals surface area contributed by atoms with Gasteiger partial charge in [-0.2, -0.15) is 10.5 Å². The second-order valence-electron chi connectivity index (χ2n) is 2.54. The van der Waals surface area contributed by atoms with E-state index in [0.29, 0.717) is 0 Å². The summed E-state index contributed by atoms with van der Waals surface area (Å²) in [7, 11) is 0. The van der Waals surface area contributed by atoms with Gasteiger partial charge in [0.2, 0.25) is 0 Å². The zero-order chi connectivity index (χ0) is 10.9. The van der Waals surface area contributed by atoms with Crippen LogP contribution in [-0.2, 0) is 0 Å². The summed E-state index contributed by atoms with van der Waals surface area (Å²) >= 11 is 0. The molecule has 15 heavy (non-hydrogen) atoms. The lowest BCUT2D eigenvalue weighted by Crippen LogP contribution is -1.78. The number of rotatable bonds is 0. The molecule has 2 aromatic rings. The minimum absolute atomic E-state index is 0. The van der Waals surface area contributed by atoms with Crippen LogP contribution in [-0.4, -0.2) is 9.97 Å². The first-order valence-corrected chi connectivity index (χ1v) is 4.28. The molecule has 1 aromatic heterocycles. The van der Waals surface area contributed by atoms with E-state index in [9.17, 15) is 0 Å². The third-order valence-corrected chi connectivity index (χ3v) is 1.53. The van der Waals surface area contributed by atoms with Crippen LogP contribution in [0.1, 0.15) is 6.42 Å². The van der Waals surface area contributed by atoms with Crippen LogP contribution in [0.2, 0.25) is 0 Å². The molecule has 0 aliphatic carbocycles. The van der Waals surface area contributed by atoms with Crippen molar-refractivity contribution in [2.24, 2.45) is 0 Å². The number of fused-ring (bicyclic) bond motifs is 1. The quantitative estimate of drug-likeness (QED) is 0.646. The van der Waals surface area contributed by atoms with Gasteiger partial charge in [-0.25, -0.2) is 0 Å². The lowest BCUT2D eigenvalue weighted by atomic mass is 10.3. The molecule has 1 aromatic carbocycles. The zero-order valence-corrected chi connectivity index (χ0v) is 7.96. The van der Waals surface area contributed by atoms with Crippen molar-refractivity contribution in [1.82, 2.24) is 9.97 Å². The summed E-state index contributed by atoms with van der Waals surface area (Å²) in [4.78, 5) is 8.24. The summed E-state index contributed by atoms with van der Waals surface area (Å²) in [5, 5.41) is 15.2. The highest BCUT2D eigenvalue weighted by molar-refractivity contribution is 5.72. The van der Waals surface area contributed by atoms with E-state index in [0.717, 1.165) is 11.0 Å². The topological polar surface area (TPSA) is 73.4 Å². The van der Waals surface area contributed by atoms with Crippen molar-refractivity contribution >= 4 is 11.0 Å². The maximum atomic E-state index is 7.59. The Balaban J connectivity index is 0.000000195. The molecule has 0 unspecified atom stereocenters. The Morgan fingerprint density at radius 2 is 1.40 bits per heavy atom. The van der Waals surface area contributed by atoms with Crippen LogP contribution in [0.25, 0.3) is 11.0 Å². The largest absolute Gasteiger partial charge is 0.253 e. The van der Waals surface area contributed by atoms with E-state index >= 15 is 0 Å². The minimum atomic E-state index is 0. The number of hydrogen-bond donors (Lipinski definition) is 0. The Hall–Kier alpha value is -2.46. The first-order chi connectivity index (χ1) is 7.38. The van der Waals surface area contributed by atoms with Gasteiger partial charge in [-0.15, -0.1) is 0 Å². The molecule has 0 spiro atoms. The van der Waals surface area contributed by atoms with E-state index in [1.165, 1.54) is 0 Å². The first kappa shape index (κ1) is 10.6. The smallest absolute Gasteiger partial charge is 0.122 e. The number of benzene rings is 1. The van der Waals surface area contributed by atoms with Crippen LogP contribution in [0.15, 0.2) is 36.7 Å². The van der Waals surface area contributed by atoms with Crippen molar-refractivity contribution in [2.75, 3.05) is 0 Å². The highest BCUT2D eigenvalue weighted by Gasteiger charge is 1.88. The molecule has 0 fully saturated rings.